The van der Waals surface area contributed by atoms with Gasteiger partial charge in [0.25, 0.3) is 0 Å². The Morgan fingerprint density at radius 3 is 3.18 bits per heavy atom. The van der Waals surface area contributed by atoms with Crippen molar-refractivity contribution in [2.45, 2.75) is 24.9 Å². The SMILES string of the molecule is COCPOC[C@H]1O[C@@H](n2cnc3c(N)ncnc32)C[C@@H]1O. The smallest absolute Gasteiger partial charge is 0.167 e. The van der Waals surface area contributed by atoms with Crippen LogP contribution in [0.3, 0.4) is 0 Å². The number of hydrogen-bond donors (Lipinski definition) is 2. The summed E-state index contributed by atoms with van der Waals surface area (Å²) in [6.45, 7) is 0.323. The van der Waals surface area contributed by atoms with Gasteiger partial charge in [0.2, 0.25) is 0 Å². The van der Waals surface area contributed by atoms with Gasteiger partial charge in [0, 0.05) is 22.3 Å². The quantitative estimate of drug-likeness (QED) is 0.573. The Hall–Kier alpha value is -1.38. The third-order valence-corrected chi connectivity index (χ3v) is 4.23. The van der Waals surface area contributed by atoms with E-state index in [2.05, 4.69) is 15.0 Å². The molecule has 22 heavy (non-hydrogen) atoms. The number of aromatic nitrogens is 4. The lowest BCUT2D eigenvalue weighted by Crippen LogP contribution is -2.25. The first-order chi connectivity index (χ1) is 10.7. The molecule has 0 bridgehead atoms. The molecule has 1 fully saturated rings. The summed E-state index contributed by atoms with van der Waals surface area (Å²) < 4.78 is 18.0. The second-order valence-corrected chi connectivity index (χ2v) is 5.77. The van der Waals surface area contributed by atoms with Gasteiger partial charge >= 0.3 is 0 Å². The monoisotopic (exact) mass is 327 g/mol. The van der Waals surface area contributed by atoms with Crippen molar-refractivity contribution in [3.8, 4) is 0 Å². The second-order valence-electron chi connectivity index (χ2n) is 4.90. The molecular formula is C12H18N5O4P. The van der Waals surface area contributed by atoms with Crippen LogP contribution in [0.15, 0.2) is 12.7 Å². The molecule has 3 rings (SSSR count). The molecule has 0 aliphatic carbocycles. The lowest BCUT2D eigenvalue weighted by atomic mass is 10.2. The molecule has 2 aromatic heterocycles. The van der Waals surface area contributed by atoms with Gasteiger partial charge in [-0.25, -0.2) is 15.0 Å². The Labute approximate surface area is 128 Å². The van der Waals surface area contributed by atoms with Crippen LogP contribution in [-0.4, -0.2) is 56.9 Å². The highest BCUT2D eigenvalue weighted by molar-refractivity contribution is 7.31. The van der Waals surface area contributed by atoms with Crippen LogP contribution < -0.4 is 5.73 Å². The zero-order chi connectivity index (χ0) is 15.5. The van der Waals surface area contributed by atoms with Crippen molar-refractivity contribution >= 4 is 25.8 Å². The van der Waals surface area contributed by atoms with E-state index in [0.29, 0.717) is 36.4 Å². The lowest BCUT2D eigenvalue weighted by Gasteiger charge is -2.15. The average Bonchev–Trinajstić information content (AvgIpc) is 3.08. The standard InChI is InChI=1S/C12H18N5O4P/c1-19-6-22-20-3-8-7(18)2-9(21-8)17-5-16-10-11(13)14-4-15-12(10)17/h4-5,7-9,18,22H,2-3,6H2,1H3,(H2,13,14,15)/t7-,8+,9+/m0/s1. The fourth-order valence-electron chi connectivity index (χ4n) is 2.36. The topological polar surface area (TPSA) is 118 Å². The minimum Gasteiger partial charge on any atom is -0.390 e. The van der Waals surface area contributed by atoms with Gasteiger partial charge in [0.1, 0.15) is 24.2 Å². The maximum Gasteiger partial charge on any atom is 0.167 e. The van der Waals surface area contributed by atoms with Gasteiger partial charge in [0.15, 0.2) is 11.5 Å². The maximum absolute atomic E-state index is 10.1. The molecule has 120 valence electrons. The number of nitrogens with zero attached hydrogens (tertiary/aromatic N) is 4. The highest BCUT2D eigenvalue weighted by Gasteiger charge is 2.36. The number of ether oxygens (including phenoxy) is 2. The van der Waals surface area contributed by atoms with Crippen LogP contribution in [0.4, 0.5) is 5.82 Å². The van der Waals surface area contributed by atoms with Crippen molar-refractivity contribution in [3.05, 3.63) is 12.7 Å². The predicted molar refractivity (Wildman–Crippen MR) is 80.4 cm³/mol. The van der Waals surface area contributed by atoms with E-state index >= 15 is 0 Å². The minimum atomic E-state index is -0.603. The third-order valence-electron chi connectivity index (χ3n) is 3.45. The molecule has 0 aromatic carbocycles. The normalized spacial score (nSPS) is 25.6. The molecule has 0 radical (unpaired) electrons. The van der Waals surface area contributed by atoms with Crippen LogP contribution in [0, 0.1) is 0 Å². The van der Waals surface area contributed by atoms with Gasteiger partial charge in [-0.15, -0.1) is 0 Å². The van der Waals surface area contributed by atoms with Crippen molar-refractivity contribution in [2.24, 2.45) is 0 Å². The van der Waals surface area contributed by atoms with E-state index in [1.807, 2.05) is 0 Å². The summed E-state index contributed by atoms with van der Waals surface area (Å²) in [5.41, 5.74) is 6.89. The number of methoxy groups -OCH3 is 1. The number of hydrogen-bond acceptors (Lipinski definition) is 8. The Morgan fingerprint density at radius 1 is 1.50 bits per heavy atom. The van der Waals surface area contributed by atoms with Crippen molar-refractivity contribution in [1.82, 2.24) is 19.5 Å². The second kappa shape index (κ2) is 6.80. The summed E-state index contributed by atoms with van der Waals surface area (Å²) >= 11 is 0. The van der Waals surface area contributed by atoms with E-state index in [-0.39, 0.29) is 21.1 Å². The summed E-state index contributed by atoms with van der Waals surface area (Å²) in [7, 11) is 1.84. The summed E-state index contributed by atoms with van der Waals surface area (Å²) in [4.78, 5) is 12.3. The summed E-state index contributed by atoms with van der Waals surface area (Å²) in [6.07, 6.45) is 2.62. The minimum absolute atomic E-state index is 0.226. The molecule has 1 unspecified atom stereocenters. The lowest BCUT2D eigenvalue weighted by molar-refractivity contribution is -0.0362. The van der Waals surface area contributed by atoms with Gasteiger partial charge < -0.3 is 24.8 Å². The molecule has 0 saturated carbocycles. The molecule has 0 spiro atoms. The summed E-state index contributed by atoms with van der Waals surface area (Å²) in [6, 6.07) is 0. The molecule has 3 N–H and O–H groups in total. The molecule has 10 heteroatoms. The Balaban J connectivity index is 1.69. The van der Waals surface area contributed by atoms with Crippen molar-refractivity contribution < 1.29 is 19.1 Å². The molecule has 0 amide bonds. The summed E-state index contributed by atoms with van der Waals surface area (Å²) in [5, 5.41) is 10.1. The van der Waals surface area contributed by atoms with E-state index in [4.69, 9.17) is 19.7 Å². The van der Waals surface area contributed by atoms with Crippen LogP contribution in [-0.2, 0) is 14.0 Å². The summed E-state index contributed by atoms with van der Waals surface area (Å²) in [5.74, 6) is 0.322. The fraction of sp³-hybridized carbons (Fsp3) is 0.583. The van der Waals surface area contributed by atoms with E-state index in [1.165, 1.54) is 6.33 Å². The molecule has 4 atom stereocenters. The first-order valence-electron chi connectivity index (χ1n) is 6.81. The number of nitrogen functional groups attached to an aromatic ring is 1. The van der Waals surface area contributed by atoms with Gasteiger partial charge in [-0.2, -0.15) is 0 Å². The first kappa shape index (κ1) is 15.5. The fourth-order valence-corrected chi connectivity index (χ4v) is 2.84. The van der Waals surface area contributed by atoms with Crippen LogP contribution in [0.5, 0.6) is 0 Å². The zero-order valence-corrected chi connectivity index (χ0v) is 13.0. The number of aliphatic hydroxyl groups excluding tert-OH is 1. The molecule has 9 nitrogen and oxygen atoms in total. The van der Waals surface area contributed by atoms with Crippen LogP contribution in [0.1, 0.15) is 12.6 Å². The van der Waals surface area contributed by atoms with Crippen molar-refractivity contribution in [2.75, 3.05) is 25.8 Å². The van der Waals surface area contributed by atoms with E-state index in [9.17, 15) is 5.11 Å². The number of aliphatic hydroxyl groups is 1. The first-order valence-corrected chi connectivity index (χ1v) is 7.92. The van der Waals surface area contributed by atoms with E-state index in [1.54, 1.807) is 18.0 Å². The van der Waals surface area contributed by atoms with Gasteiger partial charge in [0.05, 0.1) is 25.4 Å². The number of imidazole rings is 1. The number of fused-ring (bicyclic) bond motifs is 1. The predicted octanol–water partition coefficient (Wildman–Crippen LogP) is 0.271. The Morgan fingerprint density at radius 2 is 2.36 bits per heavy atom. The van der Waals surface area contributed by atoms with Crippen LogP contribution >= 0.6 is 8.81 Å². The van der Waals surface area contributed by atoms with E-state index in [0.717, 1.165) is 0 Å². The third kappa shape index (κ3) is 3.04. The molecule has 3 heterocycles. The Bertz CT molecular complexity index is 639. The largest absolute Gasteiger partial charge is 0.390 e. The highest BCUT2D eigenvalue weighted by atomic mass is 31.1. The van der Waals surface area contributed by atoms with Crippen molar-refractivity contribution in [1.29, 1.82) is 0 Å². The van der Waals surface area contributed by atoms with Gasteiger partial charge in [-0.1, -0.05) is 0 Å². The Kier molecular flexibility index (Phi) is 4.80. The molecule has 2 aromatic rings. The van der Waals surface area contributed by atoms with Crippen LogP contribution in [0.2, 0.25) is 0 Å². The van der Waals surface area contributed by atoms with Crippen LogP contribution in [0.25, 0.3) is 11.2 Å². The van der Waals surface area contributed by atoms with E-state index < -0.39 is 6.10 Å². The zero-order valence-electron chi connectivity index (χ0n) is 12.0. The number of nitrogens with two attached hydrogens (primary N) is 1. The maximum atomic E-state index is 10.1. The molecule has 1 aliphatic heterocycles. The molecule has 1 saturated heterocycles. The van der Waals surface area contributed by atoms with Gasteiger partial charge in [-0.05, 0) is 0 Å². The number of anilines is 1. The van der Waals surface area contributed by atoms with Crippen molar-refractivity contribution in [3.63, 3.8) is 0 Å². The molecular weight excluding hydrogens is 309 g/mol. The average molecular weight is 327 g/mol. The number of rotatable bonds is 6. The van der Waals surface area contributed by atoms with Gasteiger partial charge in [-0.3, -0.25) is 4.57 Å². The highest BCUT2D eigenvalue weighted by Crippen LogP contribution is 2.32. The molecule has 1 aliphatic rings.